The predicted octanol–water partition coefficient (Wildman–Crippen LogP) is 3.02. The van der Waals surface area contributed by atoms with Gasteiger partial charge in [0, 0.05) is 5.56 Å². The highest BCUT2D eigenvalue weighted by atomic mass is 19.1. The van der Waals surface area contributed by atoms with Crippen molar-refractivity contribution in [1.29, 1.82) is 0 Å². The number of ether oxygens (including phenoxy) is 2. The van der Waals surface area contributed by atoms with Crippen LogP contribution in [0, 0.1) is 0 Å². The average Bonchev–Trinajstić information content (AvgIpc) is 2.38. The van der Waals surface area contributed by atoms with E-state index in [-0.39, 0.29) is 0 Å². The van der Waals surface area contributed by atoms with Crippen molar-refractivity contribution in [3.05, 3.63) is 23.3 Å². The third-order valence-electron chi connectivity index (χ3n) is 2.96. The standard InChI is InChI=1S/C14H22FNO2/c1-10(15)12-9-13(17-2)11(6-4-5-7-16)8-14(12)18-3/h8-10H,4-7,16H2,1-3H3. The molecule has 0 saturated heterocycles. The van der Waals surface area contributed by atoms with E-state index in [1.165, 1.54) is 6.92 Å². The molecule has 0 amide bonds. The summed E-state index contributed by atoms with van der Waals surface area (Å²) in [6.07, 6.45) is 1.73. The fourth-order valence-corrected chi connectivity index (χ4v) is 1.95. The average molecular weight is 255 g/mol. The first-order valence-electron chi connectivity index (χ1n) is 6.23. The Balaban J connectivity index is 3.02. The van der Waals surface area contributed by atoms with Gasteiger partial charge in [-0.15, -0.1) is 0 Å². The van der Waals surface area contributed by atoms with Crippen LogP contribution in [0.25, 0.3) is 0 Å². The molecular formula is C14H22FNO2. The highest BCUT2D eigenvalue weighted by Gasteiger charge is 2.15. The number of unbranched alkanes of at least 4 members (excludes halogenated alkanes) is 1. The maximum Gasteiger partial charge on any atom is 0.126 e. The number of halogens is 1. The molecular weight excluding hydrogens is 233 g/mol. The van der Waals surface area contributed by atoms with Gasteiger partial charge in [0.2, 0.25) is 0 Å². The number of hydrogen-bond donors (Lipinski definition) is 1. The zero-order valence-electron chi connectivity index (χ0n) is 11.3. The van der Waals surface area contributed by atoms with E-state index < -0.39 is 6.17 Å². The van der Waals surface area contributed by atoms with Crippen LogP contribution in [-0.4, -0.2) is 20.8 Å². The fraction of sp³-hybridized carbons (Fsp3) is 0.571. The lowest BCUT2D eigenvalue weighted by atomic mass is 10.0. The number of rotatable bonds is 7. The summed E-state index contributed by atoms with van der Waals surface area (Å²) in [6.45, 7) is 2.17. The second-order valence-electron chi connectivity index (χ2n) is 4.27. The normalized spacial score (nSPS) is 12.3. The maximum absolute atomic E-state index is 13.5. The molecule has 0 radical (unpaired) electrons. The molecule has 2 N–H and O–H groups in total. The van der Waals surface area contributed by atoms with Crippen molar-refractivity contribution in [1.82, 2.24) is 0 Å². The van der Waals surface area contributed by atoms with Gasteiger partial charge in [0.25, 0.3) is 0 Å². The van der Waals surface area contributed by atoms with Crippen molar-refractivity contribution < 1.29 is 13.9 Å². The lowest BCUT2D eigenvalue weighted by molar-refractivity contribution is 0.341. The minimum atomic E-state index is -1.08. The van der Waals surface area contributed by atoms with Crippen molar-refractivity contribution in [2.45, 2.75) is 32.4 Å². The number of methoxy groups -OCH3 is 2. The van der Waals surface area contributed by atoms with Gasteiger partial charge in [-0.2, -0.15) is 0 Å². The minimum Gasteiger partial charge on any atom is -0.496 e. The third-order valence-corrected chi connectivity index (χ3v) is 2.96. The summed E-state index contributed by atoms with van der Waals surface area (Å²) in [5, 5.41) is 0. The fourth-order valence-electron chi connectivity index (χ4n) is 1.95. The van der Waals surface area contributed by atoms with Crippen LogP contribution in [-0.2, 0) is 6.42 Å². The molecule has 0 spiro atoms. The van der Waals surface area contributed by atoms with Crippen LogP contribution in [0.2, 0.25) is 0 Å². The summed E-state index contributed by atoms with van der Waals surface area (Å²) < 4.78 is 24.0. The topological polar surface area (TPSA) is 44.5 Å². The van der Waals surface area contributed by atoms with Gasteiger partial charge < -0.3 is 15.2 Å². The molecule has 0 aliphatic carbocycles. The number of benzene rings is 1. The van der Waals surface area contributed by atoms with Crippen LogP contribution in [0.3, 0.4) is 0 Å². The first-order valence-corrected chi connectivity index (χ1v) is 6.23. The molecule has 0 fully saturated rings. The summed E-state index contributed by atoms with van der Waals surface area (Å²) in [7, 11) is 3.15. The van der Waals surface area contributed by atoms with Crippen molar-refractivity contribution in [3.63, 3.8) is 0 Å². The second-order valence-corrected chi connectivity index (χ2v) is 4.27. The second kappa shape index (κ2) is 7.21. The number of aryl methyl sites for hydroxylation is 1. The molecule has 1 unspecified atom stereocenters. The van der Waals surface area contributed by atoms with Crippen LogP contribution in [0.4, 0.5) is 4.39 Å². The minimum absolute atomic E-state index is 0.525. The molecule has 1 aromatic rings. The van der Waals surface area contributed by atoms with E-state index >= 15 is 0 Å². The molecule has 1 rings (SSSR count). The molecule has 1 atom stereocenters. The lowest BCUT2D eigenvalue weighted by Crippen LogP contribution is -2.02. The SMILES string of the molecule is COc1cc(C(C)F)c(OC)cc1CCCCN. The molecule has 0 aliphatic heterocycles. The molecule has 0 bridgehead atoms. The Bertz CT molecular complexity index is 380. The zero-order chi connectivity index (χ0) is 13.5. The van der Waals surface area contributed by atoms with Gasteiger partial charge in [0.05, 0.1) is 14.2 Å². The van der Waals surface area contributed by atoms with E-state index in [2.05, 4.69) is 0 Å². The number of alkyl halides is 1. The summed E-state index contributed by atoms with van der Waals surface area (Å²) in [6, 6.07) is 3.59. The van der Waals surface area contributed by atoms with Crippen LogP contribution in [0.1, 0.15) is 37.1 Å². The van der Waals surface area contributed by atoms with Crippen molar-refractivity contribution >= 4 is 0 Å². The van der Waals surface area contributed by atoms with Gasteiger partial charge in [0.15, 0.2) is 0 Å². The van der Waals surface area contributed by atoms with E-state index in [9.17, 15) is 4.39 Å². The Morgan fingerprint density at radius 1 is 1.17 bits per heavy atom. The smallest absolute Gasteiger partial charge is 0.126 e. The van der Waals surface area contributed by atoms with E-state index in [4.69, 9.17) is 15.2 Å². The molecule has 4 heteroatoms. The molecule has 102 valence electrons. The van der Waals surface area contributed by atoms with E-state index in [1.807, 2.05) is 6.07 Å². The summed E-state index contributed by atoms with van der Waals surface area (Å²) in [5.41, 5.74) is 7.04. The summed E-state index contributed by atoms with van der Waals surface area (Å²) >= 11 is 0. The Morgan fingerprint density at radius 3 is 2.33 bits per heavy atom. The highest BCUT2D eigenvalue weighted by molar-refractivity contribution is 5.47. The molecule has 18 heavy (non-hydrogen) atoms. The van der Waals surface area contributed by atoms with Gasteiger partial charge in [-0.05, 0) is 50.4 Å². The van der Waals surface area contributed by atoms with Crippen molar-refractivity contribution in [2.75, 3.05) is 20.8 Å². The maximum atomic E-state index is 13.5. The van der Waals surface area contributed by atoms with E-state index in [1.54, 1.807) is 20.3 Å². The predicted molar refractivity (Wildman–Crippen MR) is 71.1 cm³/mol. The quantitative estimate of drug-likeness (QED) is 0.762. The van der Waals surface area contributed by atoms with Gasteiger partial charge in [-0.1, -0.05) is 0 Å². The molecule has 0 aliphatic rings. The van der Waals surface area contributed by atoms with Crippen LogP contribution < -0.4 is 15.2 Å². The van der Waals surface area contributed by atoms with Crippen LogP contribution >= 0.6 is 0 Å². The van der Waals surface area contributed by atoms with E-state index in [0.717, 1.165) is 24.8 Å². The Morgan fingerprint density at radius 2 is 1.83 bits per heavy atom. The largest absolute Gasteiger partial charge is 0.496 e. The zero-order valence-corrected chi connectivity index (χ0v) is 11.3. The molecule has 1 aromatic carbocycles. The third kappa shape index (κ3) is 3.60. The molecule has 0 aromatic heterocycles. The number of nitrogens with two attached hydrogens (primary N) is 1. The van der Waals surface area contributed by atoms with Crippen molar-refractivity contribution in [3.8, 4) is 11.5 Å². The first kappa shape index (κ1) is 14.8. The Kier molecular flexibility index (Phi) is 5.92. The molecule has 3 nitrogen and oxygen atoms in total. The first-order chi connectivity index (χ1) is 8.63. The van der Waals surface area contributed by atoms with Gasteiger partial charge in [-0.3, -0.25) is 0 Å². The van der Waals surface area contributed by atoms with Gasteiger partial charge in [0.1, 0.15) is 17.7 Å². The molecule has 0 heterocycles. The van der Waals surface area contributed by atoms with Gasteiger partial charge >= 0.3 is 0 Å². The number of hydrogen-bond acceptors (Lipinski definition) is 3. The van der Waals surface area contributed by atoms with E-state index in [0.29, 0.717) is 23.6 Å². The molecule has 0 saturated carbocycles. The van der Waals surface area contributed by atoms with Crippen molar-refractivity contribution in [2.24, 2.45) is 5.73 Å². The lowest BCUT2D eigenvalue weighted by Gasteiger charge is -2.15. The van der Waals surface area contributed by atoms with Crippen LogP contribution in [0.15, 0.2) is 12.1 Å². The Hall–Kier alpha value is -1.29. The summed E-state index contributed by atoms with van der Waals surface area (Å²) in [5.74, 6) is 1.29. The van der Waals surface area contributed by atoms with Crippen LogP contribution in [0.5, 0.6) is 11.5 Å². The Labute approximate surface area is 108 Å². The summed E-state index contributed by atoms with van der Waals surface area (Å²) in [4.78, 5) is 0. The monoisotopic (exact) mass is 255 g/mol. The highest BCUT2D eigenvalue weighted by Crippen LogP contribution is 2.34. The van der Waals surface area contributed by atoms with Gasteiger partial charge in [-0.25, -0.2) is 4.39 Å².